The van der Waals surface area contributed by atoms with Gasteiger partial charge < -0.3 is 14.8 Å². The second kappa shape index (κ2) is 9.46. The maximum Gasteiger partial charge on any atom is 0.119 e. The van der Waals surface area contributed by atoms with Crippen LogP contribution >= 0.6 is 0 Å². The molecule has 1 unspecified atom stereocenters. The van der Waals surface area contributed by atoms with Gasteiger partial charge >= 0.3 is 0 Å². The third kappa shape index (κ3) is 7.72. The topological polar surface area (TPSA) is 54.3 Å². The molecule has 4 heteroatoms. The highest BCUT2D eigenvalue weighted by atomic mass is 16.5. The molecule has 0 spiro atoms. The van der Waals surface area contributed by atoms with Gasteiger partial charge in [-0.3, -0.25) is 0 Å². The van der Waals surface area contributed by atoms with Gasteiger partial charge in [0.05, 0.1) is 25.9 Å². The summed E-state index contributed by atoms with van der Waals surface area (Å²) < 4.78 is 10.3. The molecule has 0 saturated heterocycles. The van der Waals surface area contributed by atoms with E-state index in [1.165, 1.54) is 0 Å². The number of hydrogen-bond acceptors (Lipinski definition) is 4. The van der Waals surface area contributed by atoms with Crippen molar-refractivity contribution in [2.24, 2.45) is 0 Å². The quantitative estimate of drug-likeness (QED) is 0.562. The fraction of sp³-hybridized carbons (Fsp3) is 0.889. The fourth-order valence-corrected chi connectivity index (χ4v) is 0.852. The Labute approximate surface area is 79.8 Å². The van der Waals surface area contributed by atoms with Gasteiger partial charge in [-0.1, -0.05) is 6.92 Å². The Hall–Kier alpha value is -0.630. The Balaban J connectivity index is 3.24. The molecule has 0 rings (SSSR count). The molecule has 0 aliphatic carbocycles. The van der Waals surface area contributed by atoms with Crippen LogP contribution in [0.4, 0.5) is 0 Å². The van der Waals surface area contributed by atoms with Crippen molar-refractivity contribution < 1.29 is 9.47 Å². The maximum absolute atomic E-state index is 8.64. The predicted molar refractivity (Wildman–Crippen MR) is 50.4 cm³/mol. The molecule has 0 amide bonds. The van der Waals surface area contributed by atoms with E-state index in [1.54, 1.807) is 0 Å². The van der Waals surface area contributed by atoms with Crippen LogP contribution in [0.2, 0.25) is 0 Å². The lowest BCUT2D eigenvalue weighted by Crippen LogP contribution is -2.32. The number of likely N-dealkylation sites (N-methyl/N-ethyl adjacent to an activating group) is 1. The van der Waals surface area contributed by atoms with Crippen LogP contribution in [0.3, 0.4) is 0 Å². The fourth-order valence-electron chi connectivity index (χ4n) is 0.852. The minimum Gasteiger partial charge on any atom is -0.379 e. The molecule has 0 aliphatic rings. The normalized spacial score (nSPS) is 12.4. The zero-order chi connectivity index (χ0) is 9.94. The summed E-state index contributed by atoms with van der Waals surface area (Å²) in [6, 6.07) is 1.91. The molecule has 0 heterocycles. The summed E-state index contributed by atoms with van der Waals surface area (Å²) in [4.78, 5) is 0. The van der Waals surface area contributed by atoms with Crippen LogP contribution < -0.4 is 5.32 Å². The molecule has 0 radical (unpaired) electrons. The SMILES string of the molecule is CCNC(C#N)COCCOCC. The Morgan fingerprint density at radius 3 is 2.54 bits per heavy atom. The van der Waals surface area contributed by atoms with Crippen molar-refractivity contribution in [2.75, 3.05) is 33.0 Å². The molecule has 4 nitrogen and oxygen atoms in total. The first-order valence-electron chi connectivity index (χ1n) is 4.63. The molecule has 0 aromatic carbocycles. The van der Waals surface area contributed by atoms with Crippen LogP contribution in [-0.4, -0.2) is 39.0 Å². The van der Waals surface area contributed by atoms with E-state index in [2.05, 4.69) is 11.4 Å². The first-order chi connectivity index (χ1) is 6.35. The number of nitrogens with zero attached hydrogens (tertiary/aromatic N) is 1. The highest BCUT2D eigenvalue weighted by Crippen LogP contribution is 1.84. The van der Waals surface area contributed by atoms with E-state index in [0.717, 1.165) is 6.54 Å². The van der Waals surface area contributed by atoms with Crippen LogP contribution in [0.25, 0.3) is 0 Å². The van der Waals surface area contributed by atoms with Crippen molar-refractivity contribution >= 4 is 0 Å². The largest absolute Gasteiger partial charge is 0.379 e. The third-order valence-electron chi connectivity index (χ3n) is 1.47. The van der Waals surface area contributed by atoms with Gasteiger partial charge in [-0.2, -0.15) is 5.26 Å². The van der Waals surface area contributed by atoms with Crippen molar-refractivity contribution in [1.29, 1.82) is 5.26 Å². The summed E-state index contributed by atoms with van der Waals surface area (Å²) in [7, 11) is 0. The van der Waals surface area contributed by atoms with E-state index in [1.807, 2.05) is 13.8 Å². The Morgan fingerprint density at radius 2 is 2.00 bits per heavy atom. The van der Waals surface area contributed by atoms with Gasteiger partial charge in [0.15, 0.2) is 0 Å². The monoisotopic (exact) mass is 186 g/mol. The van der Waals surface area contributed by atoms with E-state index in [9.17, 15) is 0 Å². The molecule has 1 N–H and O–H groups in total. The summed E-state index contributed by atoms with van der Waals surface area (Å²) in [6.45, 7) is 6.97. The third-order valence-corrected chi connectivity index (χ3v) is 1.47. The van der Waals surface area contributed by atoms with Crippen LogP contribution in [-0.2, 0) is 9.47 Å². The van der Waals surface area contributed by atoms with Gasteiger partial charge in [0.25, 0.3) is 0 Å². The molecule has 0 fully saturated rings. The van der Waals surface area contributed by atoms with Gasteiger partial charge in [0.1, 0.15) is 6.04 Å². The molecule has 1 atom stereocenters. The van der Waals surface area contributed by atoms with Crippen LogP contribution in [0, 0.1) is 11.3 Å². The van der Waals surface area contributed by atoms with Crippen molar-refractivity contribution in [3.63, 3.8) is 0 Å². The van der Waals surface area contributed by atoms with Crippen molar-refractivity contribution in [3.05, 3.63) is 0 Å². The smallest absolute Gasteiger partial charge is 0.119 e. The molecule has 0 aromatic rings. The summed E-state index contributed by atoms with van der Waals surface area (Å²) >= 11 is 0. The van der Waals surface area contributed by atoms with Crippen LogP contribution in [0.15, 0.2) is 0 Å². The van der Waals surface area contributed by atoms with Crippen molar-refractivity contribution in [3.8, 4) is 6.07 Å². The van der Waals surface area contributed by atoms with E-state index in [4.69, 9.17) is 14.7 Å². The second-order valence-electron chi connectivity index (χ2n) is 2.51. The van der Waals surface area contributed by atoms with Crippen LogP contribution in [0.1, 0.15) is 13.8 Å². The van der Waals surface area contributed by atoms with E-state index in [0.29, 0.717) is 26.4 Å². The minimum atomic E-state index is -0.202. The average Bonchev–Trinajstić information content (AvgIpc) is 2.16. The van der Waals surface area contributed by atoms with E-state index >= 15 is 0 Å². The average molecular weight is 186 g/mol. The van der Waals surface area contributed by atoms with Gasteiger partial charge in [-0.15, -0.1) is 0 Å². The predicted octanol–water partition coefficient (Wildman–Crippen LogP) is 0.541. The molecule has 13 heavy (non-hydrogen) atoms. The molecular weight excluding hydrogens is 168 g/mol. The minimum absolute atomic E-state index is 0.202. The number of hydrogen-bond donors (Lipinski definition) is 1. The van der Waals surface area contributed by atoms with Gasteiger partial charge in [-0.25, -0.2) is 0 Å². The molecule has 0 bridgehead atoms. The van der Waals surface area contributed by atoms with Gasteiger partial charge in [-0.05, 0) is 13.5 Å². The van der Waals surface area contributed by atoms with Crippen molar-refractivity contribution in [2.45, 2.75) is 19.9 Å². The highest BCUT2D eigenvalue weighted by molar-refractivity contribution is 4.88. The standard InChI is InChI=1S/C9H18N2O2/c1-3-11-9(7-10)8-13-6-5-12-4-2/h9,11H,3-6,8H2,1-2H3. The first-order valence-corrected chi connectivity index (χ1v) is 4.63. The lowest BCUT2D eigenvalue weighted by atomic mass is 10.3. The number of nitrogens with one attached hydrogen (secondary N) is 1. The molecular formula is C9H18N2O2. The second-order valence-corrected chi connectivity index (χ2v) is 2.51. The van der Waals surface area contributed by atoms with Gasteiger partial charge in [0, 0.05) is 6.61 Å². The van der Waals surface area contributed by atoms with Gasteiger partial charge in [0.2, 0.25) is 0 Å². The first kappa shape index (κ1) is 12.4. The summed E-state index contributed by atoms with van der Waals surface area (Å²) in [5, 5.41) is 11.6. The summed E-state index contributed by atoms with van der Waals surface area (Å²) in [6.07, 6.45) is 0. The summed E-state index contributed by atoms with van der Waals surface area (Å²) in [5.41, 5.74) is 0. The Morgan fingerprint density at radius 1 is 1.31 bits per heavy atom. The van der Waals surface area contributed by atoms with Crippen molar-refractivity contribution in [1.82, 2.24) is 5.32 Å². The molecule has 76 valence electrons. The lowest BCUT2D eigenvalue weighted by molar-refractivity contribution is 0.0488. The Bertz CT molecular complexity index is 145. The summed E-state index contributed by atoms with van der Waals surface area (Å²) in [5.74, 6) is 0. The Kier molecular flexibility index (Phi) is 9.00. The van der Waals surface area contributed by atoms with E-state index < -0.39 is 0 Å². The lowest BCUT2D eigenvalue weighted by Gasteiger charge is -2.09. The zero-order valence-electron chi connectivity index (χ0n) is 8.38. The maximum atomic E-state index is 8.64. The molecule has 0 aromatic heterocycles. The number of nitriles is 1. The zero-order valence-corrected chi connectivity index (χ0v) is 8.38. The number of rotatable bonds is 8. The highest BCUT2D eigenvalue weighted by Gasteiger charge is 2.03. The van der Waals surface area contributed by atoms with E-state index in [-0.39, 0.29) is 6.04 Å². The van der Waals surface area contributed by atoms with Crippen LogP contribution in [0.5, 0.6) is 0 Å². The number of ether oxygens (including phenoxy) is 2. The molecule has 0 saturated carbocycles. The molecule has 0 aliphatic heterocycles.